The van der Waals surface area contributed by atoms with Crippen LogP contribution in [0.5, 0.6) is 0 Å². The van der Waals surface area contributed by atoms with Crippen LogP contribution in [0.1, 0.15) is 18.4 Å². The molecule has 0 radical (unpaired) electrons. The number of fused-ring (bicyclic) bond motifs is 1. The van der Waals surface area contributed by atoms with E-state index in [1.54, 1.807) is 12.4 Å². The Bertz CT molecular complexity index is 915. The van der Waals surface area contributed by atoms with Crippen molar-refractivity contribution in [1.82, 2.24) is 15.3 Å². The number of amides is 2. The van der Waals surface area contributed by atoms with Crippen molar-refractivity contribution in [3.05, 3.63) is 60.4 Å². The number of para-hydroxylation sites is 1. The highest BCUT2D eigenvalue weighted by molar-refractivity contribution is 5.92. The molecule has 1 aliphatic rings. The Kier molecular flexibility index (Phi) is 4.64. The molecule has 3 heterocycles. The Morgan fingerprint density at radius 1 is 1.00 bits per heavy atom. The van der Waals surface area contributed by atoms with Gasteiger partial charge in [-0.2, -0.15) is 0 Å². The van der Waals surface area contributed by atoms with E-state index in [1.807, 2.05) is 42.5 Å². The van der Waals surface area contributed by atoms with Crippen molar-refractivity contribution in [3.63, 3.8) is 0 Å². The molecule has 1 aliphatic heterocycles. The van der Waals surface area contributed by atoms with Gasteiger partial charge in [-0.05, 0) is 36.6 Å². The van der Waals surface area contributed by atoms with Gasteiger partial charge < -0.3 is 15.5 Å². The number of nitrogens with one attached hydrogen (secondary N) is 2. The monoisotopic (exact) mass is 347 g/mol. The van der Waals surface area contributed by atoms with E-state index in [2.05, 4.69) is 25.5 Å². The third kappa shape index (κ3) is 3.44. The summed E-state index contributed by atoms with van der Waals surface area (Å²) in [5.41, 5.74) is 2.64. The van der Waals surface area contributed by atoms with E-state index in [-0.39, 0.29) is 6.03 Å². The fourth-order valence-corrected chi connectivity index (χ4v) is 3.33. The third-order valence-electron chi connectivity index (χ3n) is 4.60. The Balaban J connectivity index is 1.45. The predicted octanol–water partition coefficient (Wildman–Crippen LogP) is 3.55. The van der Waals surface area contributed by atoms with Gasteiger partial charge in [-0.15, -0.1) is 0 Å². The first-order valence-corrected chi connectivity index (χ1v) is 8.89. The number of anilines is 2. The first-order chi connectivity index (χ1) is 12.8. The number of carbonyl (C=O) groups is 1. The molecule has 1 fully saturated rings. The van der Waals surface area contributed by atoms with E-state index < -0.39 is 0 Å². The molecule has 1 saturated heterocycles. The molecular weight excluding hydrogens is 326 g/mol. The molecule has 0 aliphatic carbocycles. The van der Waals surface area contributed by atoms with E-state index in [0.29, 0.717) is 6.54 Å². The molecular formula is C20H21N5O. The topological polar surface area (TPSA) is 70.1 Å². The largest absolute Gasteiger partial charge is 0.355 e. The highest BCUT2D eigenvalue weighted by Crippen LogP contribution is 2.26. The van der Waals surface area contributed by atoms with Crippen LogP contribution in [-0.4, -0.2) is 29.1 Å². The molecule has 2 amide bonds. The van der Waals surface area contributed by atoms with Crippen LogP contribution in [0.4, 0.5) is 16.3 Å². The minimum absolute atomic E-state index is 0.244. The van der Waals surface area contributed by atoms with Gasteiger partial charge in [-0.1, -0.05) is 24.3 Å². The van der Waals surface area contributed by atoms with Crippen molar-refractivity contribution in [2.45, 2.75) is 19.4 Å². The second kappa shape index (κ2) is 7.39. The van der Waals surface area contributed by atoms with Crippen molar-refractivity contribution < 1.29 is 4.79 Å². The molecule has 2 N–H and O–H groups in total. The number of nitrogens with zero attached hydrogens (tertiary/aromatic N) is 3. The Hall–Kier alpha value is -3.15. The maximum Gasteiger partial charge on any atom is 0.319 e. The third-order valence-corrected chi connectivity index (χ3v) is 4.60. The lowest BCUT2D eigenvalue weighted by Crippen LogP contribution is -2.30. The summed E-state index contributed by atoms with van der Waals surface area (Å²) in [6.45, 7) is 2.38. The van der Waals surface area contributed by atoms with Crippen molar-refractivity contribution in [3.8, 4) is 0 Å². The van der Waals surface area contributed by atoms with E-state index in [0.717, 1.165) is 53.9 Å². The van der Waals surface area contributed by atoms with Crippen molar-refractivity contribution >= 4 is 28.4 Å². The molecule has 26 heavy (non-hydrogen) atoms. The Labute approximate surface area is 152 Å². The number of urea groups is 1. The van der Waals surface area contributed by atoms with Gasteiger partial charge in [-0.25, -0.2) is 9.78 Å². The molecule has 0 atom stereocenters. The van der Waals surface area contributed by atoms with Gasteiger partial charge in [0.2, 0.25) is 0 Å². The number of hydrogen-bond donors (Lipinski definition) is 2. The first-order valence-electron chi connectivity index (χ1n) is 8.89. The number of carbonyl (C=O) groups excluding carboxylic acids is 1. The van der Waals surface area contributed by atoms with Crippen LogP contribution in [0.15, 0.2) is 54.9 Å². The first kappa shape index (κ1) is 16.3. The Morgan fingerprint density at radius 2 is 1.77 bits per heavy atom. The molecule has 4 rings (SSSR count). The molecule has 0 spiro atoms. The average molecular weight is 347 g/mol. The zero-order valence-electron chi connectivity index (χ0n) is 14.5. The zero-order valence-corrected chi connectivity index (χ0v) is 14.5. The fourth-order valence-electron chi connectivity index (χ4n) is 3.33. The Morgan fingerprint density at radius 3 is 2.65 bits per heavy atom. The van der Waals surface area contributed by atoms with E-state index >= 15 is 0 Å². The zero-order chi connectivity index (χ0) is 17.8. The summed E-state index contributed by atoms with van der Waals surface area (Å²) in [5.74, 6) is 0.840. The van der Waals surface area contributed by atoms with Crippen molar-refractivity contribution in [1.29, 1.82) is 0 Å². The molecule has 0 bridgehead atoms. The average Bonchev–Trinajstić information content (AvgIpc) is 3.21. The summed E-state index contributed by atoms with van der Waals surface area (Å²) in [6.07, 6.45) is 5.86. The van der Waals surface area contributed by atoms with Crippen LogP contribution < -0.4 is 15.5 Å². The van der Waals surface area contributed by atoms with Gasteiger partial charge in [0.05, 0.1) is 11.2 Å². The summed E-state index contributed by atoms with van der Waals surface area (Å²) < 4.78 is 0. The van der Waals surface area contributed by atoms with Crippen LogP contribution >= 0.6 is 0 Å². The van der Waals surface area contributed by atoms with Crippen LogP contribution in [0.3, 0.4) is 0 Å². The summed E-state index contributed by atoms with van der Waals surface area (Å²) in [6, 6.07) is 13.4. The van der Waals surface area contributed by atoms with Gasteiger partial charge in [0.25, 0.3) is 0 Å². The molecule has 6 heteroatoms. The highest BCUT2D eigenvalue weighted by Gasteiger charge is 2.17. The molecule has 132 valence electrons. The minimum atomic E-state index is -0.244. The second-order valence-electron chi connectivity index (χ2n) is 6.37. The molecule has 3 aromatic rings. The number of pyridine rings is 2. The minimum Gasteiger partial charge on any atom is -0.355 e. The summed E-state index contributed by atoms with van der Waals surface area (Å²) in [5, 5.41) is 6.92. The lowest BCUT2D eigenvalue weighted by molar-refractivity contribution is 0.252. The van der Waals surface area contributed by atoms with Crippen molar-refractivity contribution in [2.24, 2.45) is 0 Å². The number of aromatic nitrogens is 2. The lowest BCUT2D eigenvalue weighted by atomic mass is 10.1. The smallest absolute Gasteiger partial charge is 0.319 e. The van der Waals surface area contributed by atoms with Gasteiger partial charge in [0.15, 0.2) is 5.82 Å². The second-order valence-corrected chi connectivity index (χ2v) is 6.37. The standard InChI is InChI=1S/C20H21N5O/c26-20(23-14-16-7-3-6-15-8-4-10-21-18(15)16)24-17-9-5-11-22-19(17)25-12-1-2-13-25/h3-11H,1-2,12-14H2,(H2,23,24,26). The number of benzene rings is 1. The lowest BCUT2D eigenvalue weighted by Gasteiger charge is -2.20. The van der Waals surface area contributed by atoms with E-state index in [4.69, 9.17) is 0 Å². The maximum atomic E-state index is 12.4. The molecule has 0 unspecified atom stereocenters. The van der Waals surface area contributed by atoms with Gasteiger partial charge in [0.1, 0.15) is 0 Å². The SMILES string of the molecule is O=C(NCc1cccc2cccnc12)Nc1cccnc1N1CCCC1. The highest BCUT2D eigenvalue weighted by atomic mass is 16.2. The van der Waals surface area contributed by atoms with Crippen LogP contribution in [-0.2, 0) is 6.54 Å². The summed E-state index contributed by atoms with van der Waals surface area (Å²) in [7, 11) is 0. The number of rotatable bonds is 4. The molecule has 2 aromatic heterocycles. The summed E-state index contributed by atoms with van der Waals surface area (Å²) in [4.78, 5) is 23.5. The molecule has 1 aromatic carbocycles. The predicted molar refractivity (Wildman–Crippen MR) is 103 cm³/mol. The maximum absolute atomic E-state index is 12.4. The van der Waals surface area contributed by atoms with Gasteiger partial charge >= 0.3 is 6.03 Å². The van der Waals surface area contributed by atoms with Crippen molar-refractivity contribution in [2.75, 3.05) is 23.3 Å². The van der Waals surface area contributed by atoms with Gasteiger partial charge in [-0.3, -0.25) is 4.98 Å². The van der Waals surface area contributed by atoms with E-state index in [9.17, 15) is 4.79 Å². The normalized spacial score (nSPS) is 13.8. The van der Waals surface area contributed by atoms with E-state index in [1.165, 1.54) is 0 Å². The van der Waals surface area contributed by atoms with Gasteiger partial charge in [0, 0.05) is 37.4 Å². The molecule has 0 saturated carbocycles. The number of hydrogen-bond acceptors (Lipinski definition) is 4. The van der Waals surface area contributed by atoms with Crippen LogP contribution in [0.2, 0.25) is 0 Å². The molecule has 6 nitrogen and oxygen atoms in total. The summed E-state index contributed by atoms with van der Waals surface area (Å²) >= 11 is 0. The fraction of sp³-hybridized carbons (Fsp3) is 0.250. The quantitative estimate of drug-likeness (QED) is 0.757. The van der Waals surface area contributed by atoms with Crippen LogP contribution in [0, 0.1) is 0 Å². The van der Waals surface area contributed by atoms with Crippen LogP contribution in [0.25, 0.3) is 10.9 Å².